The molecule has 1 aliphatic carbocycles. The van der Waals surface area contributed by atoms with Gasteiger partial charge >= 0.3 is 6.03 Å². The fraction of sp³-hybridized carbons (Fsp3) is 0.588. The number of carbonyl (C=O) groups is 1. The van der Waals surface area contributed by atoms with Gasteiger partial charge in [-0.15, -0.1) is 0 Å². The molecule has 1 saturated carbocycles. The van der Waals surface area contributed by atoms with E-state index in [4.69, 9.17) is 0 Å². The Bertz CT molecular complexity index is 546. The number of fused-ring (bicyclic) bond motifs is 1. The lowest BCUT2D eigenvalue weighted by Gasteiger charge is -2.27. The summed E-state index contributed by atoms with van der Waals surface area (Å²) in [5, 5.41) is 12.8. The molecule has 0 bridgehead atoms. The number of aliphatic hydroxyl groups excluding tert-OH is 1. The number of carbonyl (C=O) groups excluding carboxylic acids is 1. The van der Waals surface area contributed by atoms with Gasteiger partial charge in [0, 0.05) is 27.2 Å². The van der Waals surface area contributed by atoms with Crippen LogP contribution in [0.1, 0.15) is 19.3 Å². The van der Waals surface area contributed by atoms with Crippen molar-refractivity contribution in [1.29, 1.82) is 0 Å². The molecule has 1 aromatic rings. The van der Waals surface area contributed by atoms with Gasteiger partial charge in [-0.25, -0.2) is 4.79 Å². The Morgan fingerprint density at radius 1 is 1.23 bits per heavy atom. The third-order valence-electron chi connectivity index (χ3n) is 4.94. The summed E-state index contributed by atoms with van der Waals surface area (Å²) in [4.78, 5) is 16.4. The highest BCUT2D eigenvalue weighted by Crippen LogP contribution is 2.36. The van der Waals surface area contributed by atoms with Gasteiger partial charge < -0.3 is 20.2 Å². The van der Waals surface area contributed by atoms with E-state index < -0.39 is 0 Å². The van der Waals surface area contributed by atoms with Crippen molar-refractivity contribution in [3.8, 4) is 0 Å². The van der Waals surface area contributed by atoms with Crippen molar-refractivity contribution in [3.63, 3.8) is 0 Å². The molecule has 3 atom stereocenters. The number of amides is 2. The highest BCUT2D eigenvalue weighted by molar-refractivity contribution is 5.93. The van der Waals surface area contributed by atoms with E-state index in [9.17, 15) is 9.90 Å². The zero-order valence-corrected chi connectivity index (χ0v) is 13.3. The van der Waals surface area contributed by atoms with Crippen molar-refractivity contribution in [2.45, 2.75) is 25.4 Å². The normalized spacial score (nSPS) is 27.4. The Morgan fingerprint density at radius 2 is 1.95 bits per heavy atom. The molecular weight excluding hydrogens is 278 g/mol. The summed E-state index contributed by atoms with van der Waals surface area (Å²) in [6.45, 7) is 1.57. The van der Waals surface area contributed by atoms with Gasteiger partial charge in [-0.2, -0.15) is 0 Å². The summed E-state index contributed by atoms with van der Waals surface area (Å²) in [5.41, 5.74) is 1.84. The van der Waals surface area contributed by atoms with Gasteiger partial charge in [-0.05, 0) is 43.2 Å². The number of para-hydroxylation sites is 2. The lowest BCUT2D eigenvalue weighted by molar-refractivity contribution is 0.0866. The molecular formula is C17H25N3O2. The molecule has 5 heteroatoms. The molecule has 2 amide bonds. The van der Waals surface area contributed by atoms with Crippen LogP contribution >= 0.6 is 0 Å². The number of anilines is 2. The van der Waals surface area contributed by atoms with Gasteiger partial charge in [-0.3, -0.25) is 0 Å². The van der Waals surface area contributed by atoms with Gasteiger partial charge in [-0.1, -0.05) is 12.1 Å². The second-order valence-corrected chi connectivity index (χ2v) is 6.73. The topological polar surface area (TPSA) is 55.8 Å². The van der Waals surface area contributed by atoms with E-state index in [0.29, 0.717) is 11.8 Å². The number of nitrogens with zero attached hydrogens (tertiary/aromatic N) is 2. The van der Waals surface area contributed by atoms with E-state index >= 15 is 0 Å². The van der Waals surface area contributed by atoms with Crippen molar-refractivity contribution < 1.29 is 9.90 Å². The second-order valence-electron chi connectivity index (χ2n) is 6.73. The number of benzene rings is 1. The number of likely N-dealkylation sites (tertiary alicyclic amines) is 1. The Morgan fingerprint density at radius 3 is 2.73 bits per heavy atom. The van der Waals surface area contributed by atoms with Crippen LogP contribution < -0.4 is 10.2 Å². The Kier molecular flexibility index (Phi) is 4.25. The van der Waals surface area contributed by atoms with E-state index in [1.807, 2.05) is 48.2 Å². The van der Waals surface area contributed by atoms with Crippen LogP contribution in [-0.2, 0) is 0 Å². The number of rotatable bonds is 2. The molecule has 1 saturated heterocycles. The van der Waals surface area contributed by atoms with Crippen LogP contribution in [0.5, 0.6) is 0 Å². The van der Waals surface area contributed by atoms with Crippen LogP contribution in [0.4, 0.5) is 16.2 Å². The van der Waals surface area contributed by atoms with E-state index in [2.05, 4.69) is 5.32 Å². The van der Waals surface area contributed by atoms with Crippen LogP contribution in [0.3, 0.4) is 0 Å². The fourth-order valence-electron chi connectivity index (χ4n) is 3.74. The molecule has 22 heavy (non-hydrogen) atoms. The van der Waals surface area contributed by atoms with Crippen LogP contribution in [0.25, 0.3) is 0 Å². The summed E-state index contributed by atoms with van der Waals surface area (Å²) >= 11 is 0. The van der Waals surface area contributed by atoms with E-state index in [1.165, 1.54) is 0 Å². The Labute approximate surface area is 131 Å². The van der Waals surface area contributed by atoms with Gasteiger partial charge in [0.25, 0.3) is 0 Å². The lowest BCUT2D eigenvalue weighted by Crippen LogP contribution is -2.33. The molecule has 0 unspecified atom stereocenters. The number of hydrogen-bond acceptors (Lipinski definition) is 3. The van der Waals surface area contributed by atoms with Crippen molar-refractivity contribution in [1.82, 2.24) is 4.90 Å². The van der Waals surface area contributed by atoms with Crippen LogP contribution in [-0.4, -0.2) is 49.3 Å². The van der Waals surface area contributed by atoms with Crippen molar-refractivity contribution in [2.24, 2.45) is 11.8 Å². The summed E-state index contributed by atoms with van der Waals surface area (Å²) < 4.78 is 0. The average Bonchev–Trinajstić information content (AvgIpc) is 2.90. The summed E-state index contributed by atoms with van der Waals surface area (Å²) in [6.07, 6.45) is 2.56. The quantitative estimate of drug-likeness (QED) is 0.882. The molecule has 2 fully saturated rings. The number of nitrogens with one attached hydrogen (secondary N) is 1. The van der Waals surface area contributed by atoms with Gasteiger partial charge in [0.2, 0.25) is 0 Å². The number of aliphatic hydroxyl groups is 1. The second kappa shape index (κ2) is 6.16. The first-order valence-electron chi connectivity index (χ1n) is 8.05. The summed E-state index contributed by atoms with van der Waals surface area (Å²) in [5.74, 6) is 1.01. The van der Waals surface area contributed by atoms with Crippen molar-refractivity contribution in [3.05, 3.63) is 24.3 Å². The first-order valence-corrected chi connectivity index (χ1v) is 8.05. The smallest absolute Gasteiger partial charge is 0.321 e. The molecule has 1 aromatic carbocycles. The maximum atomic E-state index is 12.5. The first-order chi connectivity index (χ1) is 10.5. The summed E-state index contributed by atoms with van der Waals surface area (Å²) in [6, 6.07) is 7.80. The fourth-order valence-corrected chi connectivity index (χ4v) is 3.74. The van der Waals surface area contributed by atoms with Crippen LogP contribution in [0, 0.1) is 11.8 Å². The average molecular weight is 303 g/mol. The zero-order valence-electron chi connectivity index (χ0n) is 13.3. The van der Waals surface area contributed by atoms with Crippen LogP contribution in [0.15, 0.2) is 24.3 Å². The first kappa shape index (κ1) is 15.2. The number of hydrogen-bond donors (Lipinski definition) is 2. The van der Waals surface area contributed by atoms with Crippen molar-refractivity contribution in [2.75, 3.05) is 37.4 Å². The maximum Gasteiger partial charge on any atom is 0.321 e. The minimum Gasteiger partial charge on any atom is -0.393 e. The molecule has 2 aliphatic rings. The van der Waals surface area contributed by atoms with E-state index in [-0.39, 0.29) is 12.1 Å². The molecule has 0 aromatic heterocycles. The molecule has 1 aliphatic heterocycles. The number of urea groups is 1. The molecule has 1 heterocycles. The zero-order chi connectivity index (χ0) is 15.7. The highest BCUT2D eigenvalue weighted by atomic mass is 16.3. The van der Waals surface area contributed by atoms with Gasteiger partial charge in [0.15, 0.2) is 0 Å². The third-order valence-corrected chi connectivity index (χ3v) is 4.94. The SMILES string of the molecule is CN(C)c1ccccc1NC(=O)N1C[C@H]2C[C@@H](O)CC[C@H]2C1. The van der Waals surface area contributed by atoms with Crippen molar-refractivity contribution >= 4 is 17.4 Å². The Hall–Kier alpha value is -1.75. The monoisotopic (exact) mass is 303 g/mol. The van der Waals surface area contributed by atoms with Gasteiger partial charge in [0.05, 0.1) is 17.5 Å². The molecule has 5 nitrogen and oxygen atoms in total. The third kappa shape index (κ3) is 3.04. The summed E-state index contributed by atoms with van der Waals surface area (Å²) in [7, 11) is 3.94. The lowest BCUT2D eigenvalue weighted by atomic mass is 9.80. The molecule has 120 valence electrons. The molecule has 3 rings (SSSR count). The molecule has 0 radical (unpaired) electrons. The Balaban J connectivity index is 1.66. The predicted octanol–water partition coefficient (Wildman–Crippen LogP) is 2.38. The standard InChI is InChI=1S/C17H25N3O2/c1-19(2)16-6-4-3-5-15(16)18-17(22)20-10-12-7-8-14(21)9-13(12)11-20/h3-6,12-14,21H,7-11H2,1-2H3,(H,18,22)/t12-,13+,14-/m0/s1. The predicted molar refractivity (Wildman–Crippen MR) is 88.2 cm³/mol. The van der Waals surface area contributed by atoms with E-state index in [0.717, 1.165) is 43.7 Å². The minimum absolute atomic E-state index is 0.0295. The highest BCUT2D eigenvalue weighted by Gasteiger charge is 2.39. The largest absolute Gasteiger partial charge is 0.393 e. The van der Waals surface area contributed by atoms with E-state index in [1.54, 1.807) is 0 Å². The minimum atomic E-state index is -0.182. The molecule has 0 spiro atoms. The maximum absolute atomic E-state index is 12.5. The van der Waals surface area contributed by atoms with Crippen LogP contribution in [0.2, 0.25) is 0 Å². The molecule has 2 N–H and O–H groups in total. The van der Waals surface area contributed by atoms with Gasteiger partial charge in [0.1, 0.15) is 0 Å².